The monoisotopic (exact) mass is 346 g/mol. The molecule has 1 heterocycles. The zero-order chi connectivity index (χ0) is 13.9. The SMILES string of the molecule is C[C@@H](c1cccc(OC(F)(F)F)c1)N1CCNCC1.Cl.Cl. The van der Waals surface area contributed by atoms with Crippen molar-refractivity contribution in [1.82, 2.24) is 10.2 Å². The minimum atomic E-state index is -4.64. The van der Waals surface area contributed by atoms with Gasteiger partial charge in [0, 0.05) is 32.2 Å². The molecule has 1 saturated heterocycles. The second-order valence-corrected chi connectivity index (χ2v) is 4.58. The van der Waals surface area contributed by atoms with Crippen LogP contribution < -0.4 is 10.1 Å². The minimum Gasteiger partial charge on any atom is -0.406 e. The topological polar surface area (TPSA) is 24.5 Å². The van der Waals surface area contributed by atoms with Gasteiger partial charge in [-0.15, -0.1) is 38.0 Å². The van der Waals surface area contributed by atoms with Crippen LogP contribution in [0.2, 0.25) is 0 Å². The highest BCUT2D eigenvalue weighted by Crippen LogP contribution is 2.27. The highest BCUT2D eigenvalue weighted by molar-refractivity contribution is 5.85. The van der Waals surface area contributed by atoms with Crippen LogP contribution in [-0.2, 0) is 0 Å². The number of benzene rings is 1. The van der Waals surface area contributed by atoms with Gasteiger partial charge < -0.3 is 10.1 Å². The van der Waals surface area contributed by atoms with E-state index in [1.165, 1.54) is 12.1 Å². The van der Waals surface area contributed by atoms with Crippen molar-refractivity contribution in [3.63, 3.8) is 0 Å². The third kappa shape index (κ3) is 6.30. The van der Waals surface area contributed by atoms with E-state index in [-0.39, 0.29) is 36.6 Å². The summed E-state index contributed by atoms with van der Waals surface area (Å²) < 4.78 is 40.5. The predicted octanol–water partition coefficient (Wildman–Crippen LogP) is 3.40. The zero-order valence-electron chi connectivity index (χ0n) is 11.5. The summed E-state index contributed by atoms with van der Waals surface area (Å²) in [6, 6.07) is 6.28. The van der Waals surface area contributed by atoms with Crippen LogP contribution in [0.25, 0.3) is 0 Å². The van der Waals surface area contributed by atoms with Crippen molar-refractivity contribution in [3.8, 4) is 5.75 Å². The Bertz CT molecular complexity index is 426. The summed E-state index contributed by atoms with van der Waals surface area (Å²) in [5, 5.41) is 3.25. The third-order valence-electron chi connectivity index (χ3n) is 3.27. The second-order valence-electron chi connectivity index (χ2n) is 4.58. The Morgan fingerprint density at radius 1 is 1.19 bits per heavy atom. The van der Waals surface area contributed by atoms with Crippen molar-refractivity contribution in [3.05, 3.63) is 29.8 Å². The molecule has 1 aliphatic heterocycles. The first-order valence-electron chi connectivity index (χ1n) is 6.26. The number of ether oxygens (including phenoxy) is 1. The molecule has 1 atom stereocenters. The molecule has 1 aliphatic rings. The Balaban J connectivity index is 0.00000200. The van der Waals surface area contributed by atoms with Crippen LogP contribution in [0.1, 0.15) is 18.5 Å². The lowest BCUT2D eigenvalue weighted by Gasteiger charge is -2.33. The Morgan fingerprint density at radius 2 is 1.81 bits per heavy atom. The predicted molar refractivity (Wildman–Crippen MR) is 80.5 cm³/mol. The van der Waals surface area contributed by atoms with Gasteiger partial charge in [-0.3, -0.25) is 4.90 Å². The summed E-state index contributed by atoms with van der Waals surface area (Å²) in [5.74, 6) is -0.160. The molecule has 1 aromatic carbocycles. The first kappa shape index (κ1) is 20.3. The number of piperazine rings is 1. The standard InChI is InChI=1S/C13H17F3N2O.2ClH/c1-10(18-7-5-17-6-8-18)11-3-2-4-12(9-11)19-13(14,15)16;;/h2-4,9-10,17H,5-8H2,1H3;2*1H/t10-;;/m0../s1. The van der Waals surface area contributed by atoms with Crippen molar-refractivity contribution in [2.24, 2.45) is 0 Å². The van der Waals surface area contributed by atoms with Gasteiger partial charge in [-0.25, -0.2) is 0 Å². The zero-order valence-corrected chi connectivity index (χ0v) is 13.2. The number of nitrogens with one attached hydrogen (secondary N) is 1. The van der Waals surface area contributed by atoms with Gasteiger partial charge in [0.25, 0.3) is 0 Å². The van der Waals surface area contributed by atoms with Gasteiger partial charge in [-0.1, -0.05) is 12.1 Å². The summed E-state index contributed by atoms with van der Waals surface area (Å²) in [6.45, 7) is 5.60. The lowest BCUT2D eigenvalue weighted by molar-refractivity contribution is -0.274. The molecule has 1 aromatic rings. The Kier molecular flexibility index (Phi) is 8.39. The molecular formula is C13H19Cl2F3N2O. The molecule has 0 amide bonds. The fourth-order valence-corrected chi connectivity index (χ4v) is 2.25. The number of halogens is 5. The van der Waals surface area contributed by atoms with E-state index in [9.17, 15) is 13.2 Å². The smallest absolute Gasteiger partial charge is 0.406 e. The second kappa shape index (κ2) is 8.68. The number of alkyl halides is 3. The quantitative estimate of drug-likeness (QED) is 0.907. The Hall–Kier alpha value is -0.690. The third-order valence-corrected chi connectivity index (χ3v) is 3.27. The van der Waals surface area contributed by atoms with E-state index in [0.29, 0.717) is 0 Å². The molecule has 0 radical (unpaired) electrons. The van der Waals surface area contributed by atoms with Crippen LogP contribution in [0.3, 0.4) is 0 Å². The molecule has 0 aromatic heterocycles. The molecular weight excluding hydrogens is 328 g/mol. The van der Waals surface area contributed by atoms with E-state index in [2.05, 4.69) is 15.0 Å². The normalized spacial score (nSPS) is 17.3. The molecule has 3 nitrogen and oxygen atoms in total. The van der Waals surface area contributed by atoms with Crippen molar-refractivity contribution in [2.75, 3.05) is 26.2 Å². The van der Waals surface area contributed by atoms with E-state index in [0.717, 1.165) is 31.7 Å². The highest BCUT2D eigenvalue weighted by Gasteiger charge is 2.31. The number of nitrogens with zero attached hydrogens (tertiary/aromatic N) is 1. The molecule has 0 bridgehead atoms. The number of hydrogen-bond acceptors (Lipinski definition) is 3. The molecule has 21 heavy (non-hydrogen) atoms. The molecule has 0 aliphatic carbocycles. The average molecular weight is 347 g/mol. The number of rotatable bonds is 3. The van der Waals surface area contributed by atoms with Crippen LogP contribution in [0, 0.1) is 0 Å². The first-order valence-corrected chi connectivity index (χ1v) is 6.26. The minimum absolute atomic E-state index is 0. The van der Waals surface area contributed by atoms with Crippen molar-refractivity contribution in [1.29, 1.82) is 0 Å². The summed E-state index contributed by atoms with van der Waals surface area (Å²) in [5.41, 5.74) is 0.837. The van der Waals surface area contributed by atoms with Gasteiger partial charge in [0.05, 0.1) is 0 Å². The maximum Gasteiger partial charge on any atom is 0.573 e. The molecule has 2 rings (SSSR count). The summed E-state index contributed by atoms with van der Waals surface area (Å²) >= 11 is 0. The largest absolute Gasteiger partial charge is 0.573 e. The summed E-state index contributed by atoms with van der Waals surface area (Å²) in [6.07, 6.45) is -4.64. The first-order chi connectivity index (χ1) is 8.96. The average Bonchev–Trinajstić information content (AvgIpc) is 2.37. The molecule has 122 valence electrons. The molecule has 0 spiro atoms. The van der Waals surface area contributed by atoms with Crippen molar-refractivity contribution >= 4 is 24.8 Å². The van der Waals surface area contributed by atoms with Gasteiger partial charge in [0.15, 0.2) is 0 Å². The van der Waals surface area contributed by atoms with E-state index in [1.807, 2.05) is 13.0 Å². The molecule has 8 heteroatoms. The fraction of sp³-hybridized carbons (Fsp3) is 0.538. The maximum atomic E-state index is 12.2. The van der Waals surface area contributed by atoms with Crippen molar-refractivity contribution < 1.29 is 17.9 Å². The van der Waals surface area contributed by atoms with E-state index in [4.69, 9.17) is 0 Å². The fourth-order valence-electron chi connectivity index (χ4n) is 2.25. The van der Waals surface area contributed by atoms with Gasteiger partial charge in [-0.05, 0) is 24.6 Å². The van der Waals surface area contributed by atoms with Crippen LogP contribution in [-0.4, -0.2) is 37.4 Å². The van der Waals surface area contributed by atoms with Crippen molar-refractivity contribution in [2.45, 2.75) is 19.3 Å². The van der Waals surface area contributed by atoms with Crippen LogP contribution in [0.4, 0.5) is 13.2 Å². The van der Waals surface area contributed by atoms with E-state index < -0.39 is 6.36 Å². The van der Waals surface area contributed by atoms with Gasteiger partial charge in [0.1, 0.15) is 5.75 Å². The molecule has 0 saturated carbocycles. The molecule has 1 N–H and O–H groups in total. The summed E-state index contributed by atoms with van der Waals surface area (Å²) in [7, 11) is 0. The van der Waals surface area contributed by atoms with E-state index in [1.54, 1.807) is 6.07 Å². The van der Waals surface area contributed by atoms with Gasteiger partial charge in [0.2, 0.25) is 0 Å². The van der Waals surface area contributed by atoms with Gasteiger partial charge >= 0.3 is 6.36 Å². The lowest BCUT2D eigenvalue weighted by Crippen LogP contribution is -2.44. The Morgan fingerprint density at radius 3 is 2.38 bits per heavy atom. The Labute approximate surface area is 134 Å². The van der Waals surface area contributed by atoms with Crippen LogP contribution >= 0.6 is 24.8 Å². The maximum absolute atomic E-state index is 12.2. The number of hydrogen-bond donors (Lipinski definition) is 1. The van der Waals surface area contributed by atoms with Crippen LogP contribution in [0.15, 0.2) is 24.3 Å². The van der Waals surface area contributed by atoms with E-state index >= 15 is 0 Å². The lowest BCUT2D eigenvalue weighted by atomic mass is 10.1. The molecule has 1 fully saturated rings. The van der Waals surface area contributed by atoms with Crippen LogP contribution in [0.5, 0.6) is 5.75 Å². The van der Waals surface area contributed by atoms with Gasteiger partial charge in [-0.2, -0.15) is 0 Å². The highest BCUT2D eigenvalue weighted by atomic mass is 35.5. The summed E-state index contributed by atoms with van der Waals surface area (Å²) in [4.78, 5) is 2.24. The molecule has 0 unspecified atom stereocenters.